The maximum absolute atomic E-state index is 15.0. The molecule has 4 rings (SSSR count). The van der Waals surface area contributed by atoms with Crippen LogP contribution in [0.15, 0.2) is 30.9 Å². The molecular formula is C22H19ClF4N6O3. The minimum atomic E-state index is -2.88. The van der Waals surface area contributed by atoms with Gasteiger partial charge in [0.05, 0.1) is 17.5 Å². The van der Waals surface area contributed by atoms with Gasteiger partial charge in [0.25, 0.3) is 0 Å². The van der Waals surface area contributed by atoms with Crippen LogP contribution in [0, 0.1) is 11.6 Å². The van der Waals surface area contributed by atoms with Crippen molar-refractivity contribution in [2.45, 2.75) is 19.6 Å². The third kappa shape index (κ3) is 4.84. The first-order valence-corrected chi connectivity index (χ1v) is 10.8. The van der Waals surface area contributed by atoms with Gasteiger partial charge in [0.2, 0.25) is 0 Å². The number of nitrogens with zero attached hydrogens (tertiary/aromatic N) is 5. The Morgan fingerprint density at radius 1 is 1.11 bits per heavy atom. The fraction of sp³-hybridized carbons (Fsp3) is 0.273. The molecule has 0 bridgehead atoms. The summed E-state index contributed by atoms with van der Waals surface area (Å²) in [5.74, 6) is -1.91. The third-order valence-corrected chi connectivity index (χ3v) is 5.46. The van der Waals surface area contributed by atoms with Gasteiger partial charge in [0.15, 0.2) is 29.2 Å². The van der Waals surface area contributed by atoms with Gasteiger partial charge >= 0.3 is 6.55 Å². The number of nitrogens with two attached hydrogens (primary N) is 1. The molecule has 36 heavy (non-hydrogen) atoms. The summed E-state index contributed by atoms with van der Waals surface area (Å²) < 4.78 is 72.0. The van der Waals surface area contributed by atoms with Crippen LogP contribution in [0.2, 0.25) is 5.02 Å². The Labute approximate surface area is 206 Å². The van der Waals surface area contributed by atoms with Gasteiger partial charge in [-0.05, 0) is 25.1 Å². The van der Waals surface area contributed by atoms with Gasteiger partial charge in [-0.25, -0.2) is 23.7 Å². The summed E-state index contributed by atoms with van der Waals surface area (Å²) in [6.45, 7) is -1.10. The van der Waals surface area contributed by atoms with Gasteiger partial charge in [-0.3, -0.25) is 0 Å². The SMILES string of the molecule is COCCOc1cc(-c2ccc(F)c(Cl)c2F)c2ncnc(N)c2c1O[C@@H](C)c1ncn(C(F)F)n1. The summed E-state index contributed by atoms with van der Waals surface area (Å²) >= 11 is 5.80. The molecule has 14 heteroatoms. The number of nitrogen functional groups attached to an aromatic ring is 1. The van der Waals surface area contributed by atoms with Crippen LogP contribution in [-0.4, -0.2) is 45.1 Å². The number of aromatic nitrogens is 5. The second-order valence-electron chi connectivity index (χ2n) is 7.42. The molecule has 0 saturated heterocycles. The van der Waals surface area contributed by atoms with Crippen molar-refractivity contribution in [1.82, 2.24) is 24.7 Å². The van der Waals surface area contributed by atoms with E-state index < -0.39 is 29.3 Å². The largest absolute Gasteiger partial charge is 0.487 e. The van der Waals surface area contributed by atoms with E-state index in [4.69, 9.17) is 31.5 Å². The highest BCUT2D eigenvalue weighted by atomic mass is 35.5. The maximum Gasteiger partial charge on any atom is 0.334 e. The van der Waals surface area contributed by atoms with E-state index in [2.05, 4.69) is 20.1 Å². The number of alkyl halides is 2. The lowest BCUT2D eigenvalue weighted by molar-refractivity contribution is 0.0550. The van der Waals surface area contributed by atoms with Crippen molar-refractivity contribution in [1.29, 1.82) is 0 Å². The number of halogens is 5. The van der Waals surface area contributed by atoms with Crippen LogP contribution >= 0.6 is 11.6 Å². The van der Waals surface area contributed by atoms with Crippen molar-refractivity contribution in [3.63, 3.8) is 0 Å². The summed E-state index contributed by atoms with van der Waals surface area (Å²) in [5, 5.41) is 3.16. The highest BCUT2D eigenvalue weighted by Gasteiger charge is 2.25. The molecule has 1 atom stereocenters. The number of methoxy groups -OCH3 is 1. The van der Waals surface area contributed by atoms with Crippen molar-refractivity contribution in [2.75, 3.05) is 26.1 Å². The molecule has 0 aliphatic heterocycles. The highest BCUT2D eigenvalue weighted by molar-refractivity contribution is 6.31. The van der Waals surface area contributed by atoms with Crippen LogP contribution < -0.4 is 15.2 Å². The minimum absolute atomic E-state index is 0.0393. The molecule has 0 amide bonds. The van der Waals surface area contributed by atoms with E-state index in [1.54, 1.807) is 0 Å². The number of rotatable bonds is 9. The Balaban J connectivity index is 1.90. The molecule has 4 aromatic rings. The number of anilines is 1. The zero-order chi connectivity index (χ0) is 26.0. The minimum Gasteiger partial charge on any atom is -0.487 e. The van der Waals surface area contributed by atoms with Crippen molar-refractivity contribution >= 4 is 28.3 Å². The molecule has 190 valence electrons. The van der Waals surface area contributed by atoms with Gasteiger partial charge in [-0.1, -0.05) is 11.6 Å². The summed E-state index contributed by atoms with van der Waals surface area (Å²) in [6, 6.07) is 3.64. The number of benzene rings is 2. The smallest absolute Gasteiger partial charge is 0.334 e. The Morgan fingerprint density at radius 3 is 2.58 bits per heavy atom. The lowest BCUT2D eigenvalue weighted by atomic mass is 10.00. The monoisotopic (exact) mass is 526 g/mol. The molecule has 0 aliphatic carbocycles. The van der Waals surface area contributed by atoms with E-state index in [1.807, 2.05) is 0 Å². The van der Waals surface area contributed by atoms with Crippen LogP contribution in [0.25, 0.3) is 22.0 Å². The van der Waals surface area contributed by atoms with E-state index in [0.717, 1.165) is 18.7 Å². The summed E-state index contributed by atoms with van der Waals surface area (Å²) in [5.41, 5.74) is 6.40. The maximum atomic E-state index is 15.0. The Hall–Kier alpha value is -3.71. The van der Waals surface area contributed by atoms with Gasteiger partial charge < -0.3 is 19.9 Å². The molecule has 9 nitrogen and oxygen atoms in total. The summed E-state index contributed by atoms with van der Waals surface area (Å²) in [4.78, 5) is 12.1. The first-order valence-electron chi connectivity index (χ1n) is 10.4. The Morgan fingerprint density at radius 2 is 1.89 bits per heavy atom. The predicted octanol–water partition coefficient (Wildman–Crippen LogP) is 4.96. The van der Waals surface area contributed by atoms with Crippen LogP contribution in [-0.2, 0) is 4.74 Å². The molecule has 0 aliphatic rings. The average Bonchev–Trinajstić information content (AvgIpc) is 3.35. The van der Waals surface area contributed by atoms with Crippen molar-refractivity contribution in [3.8, 4) is 22.6 Å². The fourth-order valence-corrected chi connectivity index (χ4v) is 3.58. The molecule has 2 aromatic carbocycles. The standard InChI is InChI=1S/C22H19ClF4N6O3/c1-10(21-31-9-33(32-21)22(26)27)36-19-14(35-6-5-34-2)7-12(18-15(19)20(28)30-8-29-18)11-3-4-13(24)16(23)17(11)25/h3-4,7-10,22H,5-6H2,1-2H3,(H2,28,29,30)/t10-/m0/s1. The summed E-state index contributed by atoms with van der Waals surface area (Å²) in [7, 11) is 1.47. The molecule has 0 spiro atoms. The topological polar surface area (TPSA) is 110 Å². The number of fused-ring (bicyclic) bond motifs is 1. The molecule has 2 aromatic heterocycles. The Kier molecular flexibility index (Phi) is 7.40. The number of hydrogen-bond donors (Lipinski definition) is 1. The highest BCUT2D eigenvalue weighted by Crippen LogP contribution is 2.45. The van der Waals surface area contributed by atoms with Crippen LogP contribution in [0.3, 0.4) is 0 Å². The molecule has 0 unspecified atom stereocenters. The van der Waals surface area contributed by atoms with E-state index in [9.17, 15) is 17.6 Å². The predicted molar refractivity (Wildman–Crippen MR) is 122 cm³/mol. The lowest BCUT2D eigenvalue weighted by Gasteiger charge is -2.20. The zero-order valence-electron chi connectivity index (χ0n) is 18.9. The first-order chi connectivity index (χ1) is 17.2. The van der Waals surface area contributed by atoms with Crippen molar-refractivity contribution in [3.05, 3.63) is 53.3 Å². The van der Waals surface area contributed by atoms with E-state index in [1.165, 1.54) is 26.2 Å². The van der Waals surface area contributed by atoms with Crippen molar-refractivity contribution in [2.24, 2.45) is 0 Å². The Bertz CT molecular complexity index is 1400. The fourth-order valence-electron chi connectivity index (χ4n) is 3.41. The van der Waals surface area contributed by atoms with Gasteiger partial charge in [0.1, 0.15) is 35.9 Å². The van der Waals surface area contributed by atoms with E-state index in [-0.39, 0.29) is 58.4 Å². The van der Waals surface area contributed by atoms with Crippen molar-refractivity contribution < 1.29 is 31.8 Å². The summed E-state index contributed by atoms with van der Waals surface area (Å²) in [6.07, 6.45) is 1.09. The van der Waals surface area contributed by atoms with Crippen LogP contribution in [0.4, 0.5) is 23.4 Å². The van der Waals surface area contributed by atoms with E-state index in [0.29, 0.717) is 4.68 Å². The van der Waals surface area contributed by atoms with Gasteiger partial charge in [-0.2, -0.15) is 13.5 Å². The normalized spacial score (nSPS) is 12.3. The van der Waals surface area contributed by atoms with Crippen LogP contribution in [0.1, 0.15) is 25.4 Å². The second kappa shape index (κ2) is 10.5. The molecule has 0 radical (unpaired) electrons. The van der Waals surface area contributed by atoms with Crippen LogP contribution in [0.5, 0.6) is 11.5 Å². The molecular weight excluding hydrogens is 508 g/mol. The molecule has 2 N–H and O–H groups in total. The lowest BCUT2D eigenvalue weighted by Crippen LogP contribution is -2.11. The number of hydrogen-bond acceptors (Lipinski definition) is 8. The third-order valence-electron chi connectivity index (χ3n) is 5.11. The van der Waals surface area contributed by atoms with Gasteiger partial charge in [0, 0.05) is 18.2 Å². The average molecular weight is 527 g/mol. The number of ether oxygens (including phenoxy) is 3. The zero-order valence-corrected chi connectivity index (χ0v) is 19.6. The first kappa shape index (κ1) is 25.4. The molecule has 2 heterocycles. The van der Waals surface area contributed by atoms with Gasteiger partial charge in [-0.15, -0.1) is 5.10 Å². The van der Waals surface area contributed by atoms with E-state index >= 15 is 0 Å². The molecule has 0 fully saturated rings. The quantitative estimate of drug-likeness (QED) is 0.185. The molecule has 0 saturated carbocycles. The second-order valence-corrected chi connectivity index (χ2v) is 7.80.